The standard InChI is InChI=1S/C17H14Cl2N4O2S/c18-10-5-6-11(19)14(7-10)26-9-17(25)23-22-16(24)8-15-20-12-3-1-2-4-13(12)21-15/h1-7H,8-9H2,(H,20,21)(H,22,24)(H,23,25). The van der Waals surface area contributed by atoms with Crippen molar-refractivity contribution in [3.05, 3.63) is 58.3 Å². The van der Waals surface area contributed by atoms with Crippen molar-refractivity contribution in [2.24, 2.45) is 0 Å². The maximum Gasteiger partial charge on any atom is 0.248 e. The number of rotatable bonds is 5. The molecule has 2 aromatic carbocycles. The van der Waals surface area contributed by atoms with Gasteiger partial charge in [0.25, 0.3) is 0 Å². The minimum absolute atomic E-state index is 0.0300. The number of amides is 2. The molecule has 0 saturated heterocycles. The summed E-state index contributed by atoms with van der Waals surface area (Å²) in [5, 5.41) is 1.05. The number of thioether (sulfide) groups is 1. The van der Waals surface area contributed by atoms with Crippen LogP contribution in [0.5, 0.6) is 0 Å². The molecule has 134 valence electrons. The number of carbonyl (C=O) groups excluding carboxylic acids is 2. The highest BCUT2D eigenvalue weighted by Crippen LogP contribution is 2.29. The summed E-state index contributed by atoms with van der Waals surface area (Å²) < 4.78 is 0. The van der Waals surface area contributed by atoms with E-state index in [2.05, 4.69) is 20.8 Å². The molecule has 0 aliphatic carbocycles. The van der Waals surface area contributed by atoms with Crippen LogP contribution in [0, 0.1) is 0 Å². The third-order valence-corrected chi connectivity index (χ3v) is 5.09. The Hall–Kier alpha value is -2.22. The number of aromatic nitrogens is 2. The van der Waals surface area contributed by atoms with Gasteiger partial charge >= 0.3 is 0 Å². The van der Waals surface area contributed by atoms with Crippen LogP contribution in [0.1, 0.15) is 5.82 Å². The lowest BCUT2D eigenvalue weighted by atomic mass is 10.3. The molecule has 3 rings (SSSR count). The van der Waals surface area contributed by atoms with Crippen molar-refractivity contribution in [3.8, 4) is 0 Å². The van der Waals surface area contributed by atoms with Gasteiger partial charge in [0, 0.05) is 9.92 Å². The molecule has 0 radical (unpaired) electrons. The summed E-state index contributed by atoms with van der Waals surface area (Å²) in [6, 6.07) is 12.5. The van der Waals surface area contributed by atoms with Crippen LogP contribution in [-0.4, -0.2) is 27.5 Å². The number of hydrazine groups is 1. The fourth-order valence-corrected chi connectivity index (χ4v) is 3.49. The Kier molecular flexibility index (Phi) is 6.03. The molecule has 3 N–H and O–H groups in total. The zero-order chi connectivity index (χ0) is 18.5. The summed E-state index contributed by atoms with van der Waals surface area (Å²) in [4.78, 5) is 31.9. The normalized spacial score (nSPS) is 10.7. The minimum atomic E-state index is -0.372. The topological polar surface area (TPSA) is 86.9 Å². The molecule has 0 unspecified atom stereocenters. The van der Waals surface area contributed by atoms with Gasteiger partial charge in [0.2, 0.25) is 11.8 Å². The largest absolute Gasteiger partial charge is 0.342 e. The van der Waals surface area contributed by atoms with Crippen molar-refractivity contribution in [1.82, 2.24) is 20.8 Å². The summed E-state index contributed by atoms with van der Waals surface area (Å²) >= 11 is 13.2. The predicted octanol–water partition coefficient (Wildman–Crippen LogP) is 3.35. The van der Waals surface area contributed by atoms with E-state index in [1.807, 2.05) is 24.3 Å². The average molecular weight is 409 g/mol. The number of hydrogen-bond donors (Lipinski definition) is 3. The van der Waals surface area contributed by atoms with Gasteiger partial charge in [0.05, 0.1) is 28.2 Å². The lowest BCUT2D eigenvalue weighted by Gasteiger charge is -2.07. The molecule has 0 saturated carbocycles. The molecule has 0 atom stereocenters. The van der Waals surface area contributed by atoms with Crippen LogP contribution in [0.15, 0.2) is 47.4 Å². The van der Waals surface area contributed by atoms with E-state index in [1.54, 1.807) is 18.2 Å². The number of aromatic amines is 1. The Morgan fingerprint density at radius 1 is 1.08 bits per heavy atom. The van der Waals surface area contributed by atoms with E-state index in [0.717, 1.165) is 11.0 Å². The summed E-state index contributed by atoms with van der Waals surface area (Å²) in [6.45, 7) is 0. The summed E-state index contributed by atoms with van der Waals surface area (Å²) in [7, 11) is 0. The van der Waals surface area contributed by atoms with E-state index in [1.165, 1.54) is 11.8 Å². The van der Waals surface area contributed by atoms with Crippen LogP contribution < -0.4 is 10.9 Å². The first-order valence-corrected chi connectivity index (χ1v) is 9.34. The third-order valence-electron chi connectivity index (χ3n) is 3.36. The van der Waals surface area contributed by atoms with E-state index in [-0.39, 0.29) is 24.0 Å². The number of nitrogens with zero attached hydrogens (tertiary/aromatic N) is 1. The van der Waals surface area contributed by atoms with E-state index >= 15 is 0 Å². The number of imidazole rings is 1. The summed E-state index contributed by atoms with van der Waals surface area (Å²) in [5.41, 5.74) is 6.37. The van der Waals surface area contributed by atoms with Crippen LogP contribution in [0.3, 0.4) is 0 Å². The Balaban J connectivity index is 1.46. The summed E-state index contributed by atoms with van der Waals surface area (Å²) in [5.74, 6) is -0.115. The Morgan fingerprint density at radius 3 is 2.65 bits per heavy atom. The van der Waals surface area contributed by atoms with E-state index in [4.69, 9.17) is 23.2 Å². The number of fused-ring (bicyclic) bond motifs is 1. The van der Waals surface area contributed by atoms with Gasteiger partial charge in [-0.15, -0.1) is 11.8 Å². The van der Waals surface area contributed by atoms with Gasteiger partial charge in [-0.2, -0.15) is 0 Å². The molecule has 1 aromatic heterocycles. The van der Waals surface area contributed by atoms with E-state index < -0.39 is 0 Å². The van der Waals surface area contributed by atoms with Crippen LogP contribution in [-0.2, 0) is 16.0 Å². The van der Waals surface area contributed by atoms with Gasteiger partial charge < -0.3 is 4.98 Å². The lowest BCUT2D eigenvalue weighted by Crippen LogP contribution is -2.43. The molecule has 0 spiro atoms. The number of para-hydroxylation sites is 2. The molecule has 3 aromatic rings. The molecular weight excluding hydrogens is 395 g/mol. The Morgan fingerprint density at radius 2 is 1.85 bits per heavy atom. The van der Waals surface area contributed by atoms with Crippen molar-refractivity contribution in [2.45, 2.75) is 11.3 Å². The van der Waals surface area contributed by atoms with Crippen molar-refractivity contribution in [1.29, 1.82) is 0 Å². The van der Waals surface area contributed by atoms with Crippen molar-refractivity contribution in [2.75, 3.05) is 5.75 Å². The highest BCUT2D eigenvalue weighted by molar-refractivity contribution is 8.00. The molecule has 0 fully saturated rings. The Labute approximate surface area is 163 Å². The quantitative estimate of drug-likeness (QED) is 0.446. The number of halogens is 2. The van der Waals surface area contributed by atoms with E-state index in [0.29, 0.717) is 20.8 Å². The molecule has 0 aliphatic rings. The highest BCUT2D eigenvalue weighted by Gasteiger charge is 2.10. The summed E-state index contributed by atoms with van der Waals surface area (Å²) in [6.07, 6.45) is 0.0300. The van der Waals surface area contributed by atoms with Gasteiger partial charge in [0.1, 0.15) is 5.82 Å². The SMILES string of the molecule is O=C(CSc1cc(Cl)ccc1Cl)NNC(=O)Cc1nc2ccccc2[nH]1. The average Bonchev–Trinajstić information content (AvgIpc) is 3.02. The number of H-pyrrole nitrogens is 1. The molecule has 1 heterocycles. The van der Waals surface area contributed by atoms with Gasteiger partial charge in [-0.25, -0.2) is 4.98 Å². The first kappa shape index (κ1) is 18.6. The Bertz CT molecular complexity index is 928. The second-order valence-electron chi connectivity index (χ2n) is 5.34. The first-order chi connectivity index (χ1) is 12.5. The molecule has 0 aliphatic heterocycles. The second-order valence-corrected chi connectivity index (χ2v) is 7.20. The van der Waals surface area contributed by atoms with Crippen molar-refractivity contribution < 1.29 is 9.59 Å². The number of benzene rings is 2. The van der Waals surface area contributed by atoms with Gasteiger partial charge in [-0.05, 0) is 30.3 Å². The molecule has 9 heteroatoms. The highest BCUT2D eigenvalue weighted by atomic mass is 35.5. The predicted molar refractivity (Wildman–Crippen MR) is 103 cm³/mol. The number of carbonyl (C=O) groups is 2. The maximum absolute atomic E-state index is 11.9. The second kappa shape index (κ2) is 8.44. The van der Waals surface area contributed by atoms with Crippen LogP contribution >= 0.6 is 35.0 Å². The smallest absolute Gasteiger partial charge is 0.248 e. The molecule has 0 bridgehead atoms. The zero-order valence-electron chi connectivity index (χ0n) is 13.4. The van der Waals surface area contributed by atoms with Gasteiger partial charge in [-0.1, -0.05) is 35.3 Å². The van der Waals surface area contributed by atoms with Gasteiger partial charge in [-0.3, -0.25) is 20.4 Å². The van der Waals surface area contributed by atoms with Gasteiger partial charge in [0.15, 0.2) is 0 Å². The molecule has 26 heavy (non-hydrogen) atoms. The maximum atomic E-state index is 11.9. The van der Waals surface area contributed by atoms with Crippen LogP contribution in [0.2, 0.25) is 10.0 Å². The lowest BCUT2D eigenvalue weighted by molar-refractivity contribution is -0.127. The van der Waals surface area contributed by atoms with Crippen molar-refractivity contribution >= 4 is 57.8 Å². The number of nitrogens with one attached hydrogen (secondary N) is 3. The minimum Gasteiger partial charge on any atom is -0.342 e. The molecule has 6 nitrogen and oxygen atoms in total. The van der Waals surface area contributed by atoms with Crippen LogP contribution in [0.4, 0.5) is 0 Å². The monoisotopic (exact) mass is 408 g/mol. The van der Waals surface area contributed by atoms with E-state index in [9.17, 15) is 9.59 Å². The van der Waals surface area contributed by atoms with Crippen LogP contribution in [0.25, 0.3) is 11.0 Å². The first-order valence-electron chi connectivity index (χ1n) is 7.60. The molecule has 2 amide bonds. The van der Waals surface area contributed by atoms with Crippen molar-refractivity contribution in [3.63, 3.8) is 0 Å². The fraction of sp³-hybridized carbons (Fsp3) is 0.118. The third kappa shape index (κ3) is 4.91. The molecular formula is C17H14Cl2N4O2S. The zero-order valence-corrected chi connectivity index (χ0v) is 15.7. The number of hydrogen-bond acceptors (Lipinski definition) is 4. The fourth-order valence-electron chi connectivity index (χ4n) is 2.19.